The maximum absolute atomic E-state index is 11.9. The second-order valence-electron chi connectivity index (χ2n) is 4.65. The number of hydrogen-bond acceptors (Lipinski definition) is 4. The molecule has 0 aliphatic rings. The molecule has 0 spiro atoms. The zero-order valence-electron chi connectivity index (χ0n) is 11.5. The molecule has 0 radical (unpaired) electrons. The molecule has 21 heavy (non-hydrogen) atoms. The number of nitrogens with one attached hydrogen (secondary N) is 2. The summed E-state index contributed by atoms with van der Waals surface area (Å²) in [6.07, 6.45) is 0. The van der Waals surface area contributed by atoms with E-state index in [1.807, 2.05) is 32.0 Å². The summed E-state index contributed by atoms with van der Waals surface area (Å²) in [5.41, 5.74) is 0.736. The summed E-state index contributed by atoms with van der Waals surface area (Å²) in [6, 6.07) is 5.60. The van der Waals surface area contributed by atoms with Crippen LogP contribution in [-0.4, -0.2) is 26.8 Å². The molecule has 1 amide bonds. The van der Waals surface area contributed by atoms with Crippen molar-refractivity contribution in [3.63, 3.8) is 0 Å². The Hall–Kier alpha value is -0.860. The number of nitrogens with zero attached hydrogens (tertiary/aromatic N) is 2. The summed E-state index contributed by atoms with van der Waals surface area (Å²) in [4.78, 5) is 16.2. The quantitative estimate of drug-likeness (QED) is 0.693. The first kappa shape index (κ1) is 16.5. The molecule has 0 atom stereocenters. The highest BCUT2D eigenvalue weighted by Crippen LogP contribution is 2.23. The average Bonchev–Trinajstić information content (AvgIpc) is 2.84. The third-order valence-corrected chi connectivity index (χ3v) is 4.27. The molecule has 2 N–H and O–H groups in total. The van der Waals surface area contributed by atoms with E-state index >= 15 is 0 Å². The Bertz CT molecular complexity index is 625. The van der Waals surface area contributed by atoms with Crippen molar-refractivity contribution in [2.45, 2.75) is 24.9 Å². The Balaban J connectivity index is 1.89. The van der Waals surface area contributed by atoms with Crippen LogP contribution in [0.5, 0.6) is 0 Å². The molecule has 1 aromatic carbocycles. The second kappa shape index (κ2) is 7.42. The van der Waals surface area contributed by atoms with Crippen molar-refractivity contribution < 1.29 is 4.79 Å². The zero-order chi connectivity index (χ0) is 15.4. The molecule has 0 fully saturated rings. The maximum Gasteiger partial charge on any atom is 0.234 e. The Kier molecular flexibility index (Phi) is 5.83. The number of aromatic amines is 1. The van der Waals surface area contributed by atoms with E-state index in [9.17, 15) is 4.79 Å². The minimum atomic E-state index is -0.0964. The number of rotatable bonds is 5. The Labute approximate surface area is 143 Å². The molecule has 0 bridgehead atoms. The fourth-order valence-corrected chi connectivity index (χ4v) is 3.43. The van der Waals surface area contributed by atoms with Crippen LogP contribution >= 0.6 is 43.6 Å². The molecular formula is C13H14Br2N4OS. The Morgan fingerprint density at radius 1 is 1.33 bits per heavy atom. The normalized spacial score (nSPS) is 10.9. The van der Waals surface area contributed by atoms with Gasteiger partial charge < -0.3 is 5.32 Å². The molecular weight excluding hydrogens is 420 g/mol. The highest BCUT2D eigenvalue weighted by Gasteiger charge is 2.10. The SMILES string of the molecule is CC(C)c1nc(SCC(=O)Nc2cc(Br)cc(Br)c2)n[nH]1. The van der Waals surface area contributed by atoms with Crippen LogP contribution in [0.25, 0.3) is 0 Å². The molecule has 8 heteroatoms. The second-order valence-corrected chi connectivity index (χ2v) is 7.43. The van der Waals surface area contributed by atoms with Crippen LogP contribution in [0.1, 0.15) is 25.6 Å². The third kappa shape index (κ3) is 5.12. The maximum atomic E-state index is 11.9. The smallest absolute Gasteiger partial charge is 0.234 e. The van der Waals surface area contributed by atoms with Crippen molar-refractivity contribution >= 4 is 55.2 Å². The largest absolute Gasteiger partial charge is 0.325 e. The van der Waals surface area contributed by atoms with Gasteiger partial charge in [0.25, 0.3) is 0 Å². The van der Waals surface area contributed by atoms with Crippen LogP contribution in [0.2, 0.25) is 0 Å². The summed E-state index contributed by atoms with van der Waals surface area (Å²) in [6.45, 7) is 4.07. The monoisotopic (exact) mass is 432 g/mol. The number of carbonyl (C=O) groups is 1. The summed E-state index contributed by atoms with van der Waals surface area (Å²) < 4.78 is 1.80. The first-order valence-corrected chi connectivity index (χ1v) is 8.82. The third-order valence-electron chi connectivity index (χ3n) is 2.51. The summed E-state index contributed by atoms with van der Waals surface area (Å²) in [5.74, 6) is 1.29. The van der Waals surface area contributed by atoms with Gasteiger partial charge >= 0.3 is 0 Å². The van der Waals surface area contributed by atoms with E-state index < -0.39 is 0 Å². The lowest BCUT2D eigenvalue weighted by Crippen LogP contribution is -2.14. The minimum Gasteiger partial charge on any atom is -0.325 e. The lowest BCUT2D eigenvalue weighted by molar-refractivity contribution is -0.113. The van der Waals surface area contributed by atoms with Gasteiger partial charge in [-0.25, -0.2) is 4.98 Å². The van der Waals surface area contributed by atoms with Crippen molar-refractivity contribution in [2.24, 2.45) is 0 Å². The van der Waals surface area contributed by atoms with Gasteiger partial charge in [0.1, 0.15) is 5.82 Å². The van der Waals surface area contributed by atoms with E-state index in [1.54, 1.807) is 0 Å². The molecule has 112 valence electrons. The molecule has 0 unspecified atom stereocenters. The molecule has 1 heterocycles. The standard InChI is InChI=1S/C13H14Br2N4OS/c1-7(2)12-17-13(19-18-12)21-6-11(20)16-10-4-8(14)3-9(15)5-10/h3-5,7H,6H2,1-2H3,(H,16,20)(H,17,18,19). The number of halogens is 2. The van der Waals surface area contributed by atoms with E-state index in [2.05, 4.69) is 52.4 Å². The summed E-state index contributed by atoms with van der Waals surface area (Å²) in [7, 11) is 0. The predicted molar refractivity (Wildman–Crippen MR) is 91.7 cm³/mol. The van der Waals surface area contributed by atoms with Crippen LogP contribution in [0.3, 0.4) is 0 Å². The Morgan fingerprint density at radius 2 is 2.00 bits per heavy atom. The van der Waals surface area contributed by atoms with Gasteiger partial charge in [0.15, 0.2) is 0 Å². The van der Waals surface area contributed by atoms with Gasteiger partial charge in [-0.15, -0.1) is 5.10 Å². The fraction of sp³-hybridized carbons (Fsp3) is 0.308. The number of amides is 1. The number of aromatic nitrogens is 3. The summed E-state index contributed by atoms with van der Waals surface area (Å²) >= 11 is 8.07. The van der Waals surface area contributed by atoms with E-state index in [-0.39, 0.29) is 11.7 Å². The molecule has 0 aliphatic heterocycles. The highest BCUT2D eigenvalue weighted by atomic mass is 79.9. The van der Waals surface area contributed by atoms with Crippen molar-refractivity contribution in [3.05, 3.63) is 33.0 Å². The lowest BCUT2D eigenvalue weighted by Gasteiger charge is -2.05. The zero-order valence-corrected chi connectivity index (χ0v) is 15.5. The van der Waals surface area contributed by atoms with Crippen molar-refractivity contribution in [1.82, 2.24) is 15.2 Å². The first-order chi connectivity index (χ1) is 9.94. The van der Waals surface area contributed by atoms with E-state index in [0.29, 0.717) is 11.1 Å². The van der Waals surface area contributed by atoms with Crippen LogP contribution in [0.15, 0.2) is 32.3 Å². The van der Waals surface area contributed by atoms with Gasteiger partial charge in [-0.05, 0) is 18.2 Å². The number of carbonyl (C=O) groups excluding carboxylic acids is 1. The molecule has 1 aromatic heterocycles. The number of H-pyrrole nitrogens is 1. The van der Waals surface area contributed by atoms with Crippen molar-refractivity contribution in [2.75, 3.05) is 11.1 Å². The molecule has 0 saturated heterocycles. The lowest BCUT2D eigenvalue weighted by atomic mass is 10.2. The summed E-state index contributed by atoms with van der Waals surface area (Å²) in [5, 5.41) is 10.4. The van der Waals surface area contributed by atoms with Gasteiger partial charge in [-0.3, -0.25) is 9.89 Å². The van der Waals surface area contributed by atoms with Crippen LogP contribution in [0, 0.1) is 0 Å². The topological polar surface area (TPSA) is 70.7 Å². The van der Waals surface area contributed by atoms with Gasteiger partial charge in [0.05, 0.1) is 5.75 Å². The first-order valence-electron chi connectivity index (χ1n) is 6.25. The van der Waals surface area contributed by atoms with Crippen molar-refractivity contribution in [1.29, 1.82) is 0 Å². The van der Waals surface area contributed by atoms with Crippen LogP contribution < -0.4 is 5.32 Å². The number of thioether (sulfide) groups is 1. The van der Waals surface area contributed by atoms with Gasteiger partial charge in [-0.1, -0.05) is 57.5 Å². The number of hydrogen-bond donors (Lipinski definition) is 2. The minimum absolute atomic E-state index is 0.0964. The van der Waals surface area contributed by atoms with Gasteiger partial charge in [-0.2, -0.15) is 0 Å². The average molecular weight is 434 g/mol. The van der Waals surface area contributed by atoms with Crippen molar-refractivity contribution in [3.8, 4) is 0 Å². The Morgan fingerprint density at radius 3 is 2.57 bits per heavy atom. The van der Waals surface area contributed by atoms with E-state index in [1.165, 1.54) is 11.8 Å². The van der Waals surface area contributed by atoms with Crippen LogP contribution in [0.4, 0.5) is 5.69 Å². The number of benzene rings is 1. The fourth-order valence-electron chi connectivity index (χ4n) is 1.53. The van der Waals surface area contributed by atoms with Gasteiger partial charge in [0, 0.05) is 20.6 Å². The highest BCUT2D eigenvalue weighted by molar-refractivity contribution is 9.11. The molecule has 5 nitrogen and oxygen atoms in total. The molecule has 2 aromatic rings. The van der Waals surface area contributed by atoms with Crippen LogP contribution in [-0.2, 0) is 4.79 Å². The molecule has 2 rings (SSSR count). The number of anilines is 1. The van der Waals surface area contributed by atoms with E-state index in [4.69, 9.17) is 0 Å². The predicted octanol–water partition coefficient (Wildman–Crippen LogP) is 4.18. The molecule has 0 aliphatic carbocycles. The molecule has 0 saturated carbocycles. The van der Waals surface area contributed by atoms with E-state index in [0.717, 1.165) is 20.5 Å². The van der Waals surface area contributed by atoms with Gasteiger partial charge in [0.2, 0.25) is 11.1 Å².